The fourth-order valence-electron chi connectivity index (χ4n) is 4.07. The normalized spacial score (nSPS) is 12.9. The first-order chi connectivity index (χ1) is 17.9. The van der Waals surface area contributed by atoms with Gasteiger partial charge in [0.05, 0.1) is 40.0 Å². The number of rotatable bonds is 7. The van der Waals surface area contributed by atoms with Gasteiger partial charge in [0.15, 0.2) is 0 Å². The summed E-state index contributed by atoms with van der Waals surface area (Å²) in [5, 5.41) is 6.59. The molecule has 0 spiro atoms. The Balaban J connectivity index is 1.59. The van der Waals surface area contributed by atoms with Crippen LogP contribution in [0.2, 0.25) is 5.02 Å². The largest absolute Gasteiger partial charge is 0.473 e. The number of nitrogens with two attached hydrogens (primary N) is 1. The van der Waals surface area contributed by atoms with Crippen molar-refractivity contribution in [2.24, 2.45) is 0 Å². The van der Waals surface area contributed by atoms with Crippen molar-refractivity contribution in [2.45, 2.75) is 25.8 Å². The molecule has 0 aliphatic carbocycles. The average Bonchev–Trinajstić information content (AvgIpc) is 3.38. The first-order valence-electron chi connectivity index (χ1n) is 11.5. The number of nitrogens with zero attached hydrogens (tertiary/aromatic N) is 5. The average molecular weight is 534 g/mol. The number of ether oxygens (including phenoxy) is 1. The van der Waals surface area contributed by atoms with E-state index in [1.807, 2.05) is 49.6 Å². The summed E-state index contributed by atoms with van der Waals surface area (Å²) < 4.78 is 6.86. The van der Waals surface area contributed by atoms with Crippen molar-refractivity contribution in [1.29, 1.82) is 0 Å². The molecule has 3 heterocycles. The van der Waals surface area contributed by atoms with Gasteiger partial charge in [-0.3, -0.25) is 9.36 Å². The molecule has 11 heteroatoms. The molecular formula is C26H24ClN7O2S. The Hall–Kier alpha value is -4.02. The Kier molecular flexibility index (Phi) is 6.77. The van der Waals surface area contributed by atoms with E-state index in [2.05, 4.69) is 20.3 Å². The molecule has 0 saturated carbocycles. The number of anilines is 2. The Morgan fingerprint density at radius 1 is 1.08 bits per heavy atom. The third-order valence-corrected chi connectivity index (χ3v) is 7.27. The molecule has 0 bridgehead atoms. The number of thiazole rings is 1. The summed E-state index contributed by atoms with van der Waals surface area (Å²) in [6.07, 6.45) is 1.63. The van der Waals surface area contributed by atoms with Gasteiger partial charge in [-0.1, -0.05) is 54.1 Å². The van der Waals surface area contributed by atoms with Gasteiger partial charge in [0, 0.05) is 23.5 Å². The van der Waals surface area contributed by atoms with Crippen molar-refractivity contribution < 1.29 is 4.74 Å². The lowest BCUT2D eigenvalue weighted by molar-refractivity contribution is 0.412. The number of para-hydroxylation sites is 1. The topological polar surface area (TPSA) is 121 Å². The van der Waals surface area contributed by atoms with Crippen molar-refractivity contribution in [2.75, 3.05) is 18.2 Å². The highest BCUT2D eigenvalue weighted by Crippen LogP contribution is 2.32. The number of nitrogen functional groups attached to an aromatic ring is 1. The molecule has 3 N–H and O–H groups in total. The lowest BCUT2D eigenvalue weighted by atomic mass is 10.0. The quantitative estimate of drug-likeness (QED) is 0.295. The zero-order valence-corrected chi connectivity index (χ0v) is 21.9. The lowest BCUT2D eigenvalue weighted by Gasteiger charge is -2.25. The van der Waals surface area contributed by atoms with E-state index in [1.165, 1.54) is 11.3 Å². The van der Waals surface area contributed by atoms with Gasteiger partial charge in [0.2, 0.25) is 5.95 Å². The zero-order chi connectivity index (χ0) is 26.1. The molecule has 2 aromatic carbocycles. The van der Waals surface area contributed by atoms with Gasteiger partial charge in [0.25, 0.3) is 10.8 Å². The molecule has 5 aromatic rings. The monoisotopic (exact) mass is 533 g/mol. The van der Waals surface area contributed by atoms with E-state index in [1.54, 1.807) is 36.1 Å². The van der Waals surface area contributed by atoms with Crippen LogP contribution in [0.1, 0.15) is 25.6 Å². The zero-order valence-electron chi connectivity index (χ0n) is 20.3. The lowest BCUT2D eigenvalue weighted by Crippen LogP contribution is -2.31. The number of nitrogens with one attached hydrogen (secondary N) is 1. The summed E-state index contributed by atoms with van der Waals surface area (Å²) in [6, 6.07) is 14.5. The summed E-state index contributed by atoms with van der Waals surface area (Å²) in [4.78, 5) is 31.7. The van der Waals surface area contributed by atoms with Gasteiger partial charge in [-0.25, -0.2) is 15.0 Å². The van der Waals surface area contributed by atoms with Crippen LogP contribution in [-0.2, 0) is 0 Å². The minimum Gasteiger partial charge on any atom is -0.473 e. The number of methoxy groups -OCH3 is 1. The van der Waals surface area contributed by atoms with Gasteiger partial charge < -0.3 is 15.8 Å². The van der Waals surface area contributed by atoms with E-state index in [-0.39, 0.29) is 23.5 Å². The van der Waals surface area contributed by atoms with E-state index in [0.29, 0.717) is 49.7 Å². The number of hydrogen-bond donors (Lipinski definition) is 2. The second-order valence-corrected chi connectivity index (χ2v) is 9.72. The van der Waals surface area contributed by atoms with Crippen LogP contribution in [0.25, 0.3) is 27.8 Å². The number of hydrogen-bond acceptors (Lipinski definition) is 9. The maximum Gasteiger partial charge on any atom is 0.273 e. The van der Waals surface area contributed by atoms with Crippen molar-refractivity contribution >= 4 is 45.6 Å². The Morgan fingerprint density at radius 3 is 2.59 bits per heavy atom. The molecule has 0 radical (unpaired) electrons. The summed E-state index contributed by atoms with van der Waals surface area (Å²) >= 11 is 7.80. The van der Waals surface area contributed by atoms with Crippen LogP contribution >= 0.6 is 22.9 Å². The van der Waals surface area contributed by atoms with E-state index < -0.39 is 0 Å². The van der Waals surface area contributed by atoms with Crippen LogP contribution in [0.5, 0.6) is 5.19 Å². The molecule has 188 valence electrons. The second kappa shape index (κ2) is 10.2. The molecule has 0 fully saturated rings. The van der Waals surface area contributed by atoms with Crippen LogP contribution in [-0.4, -0.2) is 37.7 Å². The first-order valence-corrected chi connectivity index (χ1v) is 12.8. The fraction of sp³-hybridized carbons (Fsp3) is 0.192. The summed E-state index contributed by atoms with van der Waals surface area (Å²) in [5.74, 6) is 1.01. The van der Waals surface area contributed by atoms with Crippen LogP contribution < -0.4 is 21.3 Å². The Morgan fingerprint density at radius 2 is 1.86 bits per heavy atom. The highest BCUT2D eigenvalue weighted by molar-refractivity contribution is 7.11. The summed E-state index contributed by atoms with van der Waals surface area (Å²) in [5.41, 5.74) is 8.30. The molecular weight excluding hydrogens is 510 g/mol. The van der Waals surface area contributed by atoms with E-state index in [4.69, 9.17) is 27.1 Å². The Labute approximate surface area is 222 Å². The smallest absolute Gasteiger partial charge is 0.273 e. The summed E-state index contributed by atoms with van der Waals surface area (Å²) in [6.45, 7) is 4.00. The number of fused-ring (bicyclic) bond motifs is 1. The molecule has 0 saturated heterocycles. The van der Waals surface area contributed by atoms with Gasteiger partial charge in [-0.05, 0) is 31.2 Å². The minimum atomic E-state index is -0.231. The maximum atomic E-state index is 13.7. The van der Waals surface area contributed by atoms with Crippen LogP contribution in [0.4, 0.5) is 11.8 Å². The van der Waals surface area contributed by atoms with Crippen molar-refractivity contribution in [3.05, 3.63) is 81.3 Å². The van der Waals surface area contributed by atoms with E-state index >= 15 is 0 Å². The maximum absolute atomic E-state index is 13.7. The molecule has 0 amide bonds. The molecule has 0 aliphatic heterocycles. The highest BCUT2D eigenvalue weighted by atomic mass is 35.5. The van der Waals surface area contributed by atoms with Crippen LogP contribution in [0, 0.1) is 0 Å². The predicted octanol–water partition coefficient (Wildman–Crippen LogP) is 5.15. The number of aromatic nitrogens is 5. The number of benzene rings is 2. The third kappa shape index (κ3) is 4.73. The predicted molar refractivity (Wildman–Crippen MR) is 148 cm³/mol. The van der Waals surface area contributed by atoms with Crippen molar-refractivity contribution in [3.63, 3.8) is 0 Å². The molecule has 2 unspecified atom stereocenters. The molecule has 0 aliphatic rings. The third-order valence-electron chi connectivity index (χ3n) is 6.15. The molecule has 2 atom stereocenters. The highest BCUT2D eigenvalue weighted by Gasteiger charge is 2.25. The minimum absolute atomic E-state index is 0.132. The Bertz CT molecular complexity index is 1640. The standard InChI is InChI=1S/C26H24ClN7O2S/c1-14(15(2)30-22-17(12-29-25(28)33-22)20-13-37-26(32-20)36-3)23-31-19-11-7-10-18(27)21(19)24(35)34(23)16-8-5-4-6-9-16/h4-15H,1-3H3,(H3,28,29,30,33). The molecule has 9 nitrogen and oxygen atoms in total. The molecule has 3 aromatic heterocycles. The molecule has 37 heavy (non-hydrogen) atoms. The number of halogens is 1. The van der Waals surface area contributed by atoms with Crippen LogP contribution in [0.15, 0.2) is 64.9 Å². The van der Waals surface area contributed by atoms with Gasteiger partial charge >= 0.3 is 0 Å². The molecule has 5 rings (SSSR count). The fourth-order valence-corrected chi connectivity index (χ4v) is 4.96. The van der Waals surface area contributed by atoms with Gasteiger partial charge in [-0.15, -0.1) is 0 Å². The van der Waals surface area contributed by atoms with Gasteiger partial charge in [-0.2, -0.15) is 4.98 Å². The first kappa shape index (κ1) is 24.7. The summed E-state index contributed by atoms with van der Waals surface area (Å²) in [7, 11) is 1.57. The van der Waals surface area contributed by atoms with Crippen molar-refractivity contribution in [3.8, 4) is 22.1 Å². The second-order valence-electron chi connectivity index (χ2n) is 8.50. The SMILES string of the molecule is COc1nc(-c2cnc(N)nc2NC(C)C(C)c2nc3cccc(Cl)c3c(=O)n2-c2ccccc2)cs1. The van der Waals surface area contributed by atoms with E-state index in [0.717, 1.165) is 0 Å². The van der Waals surface area contributed by atoms with E-state index in [9.17, 15) is 4.79 Å². The van der Waals surface area contributed by atoms with Gasteiger partial charge in [0.1, 0.15) is 11.6 Å². The van der Waals surface area contributed by atoms with Crippen molar-refractivity contribution in [1.82, 2.24) is 24.5 Å². The van der Waals surface area contributed by atoms with Crippen LogP contribution in [0.3, 0.4) is 0 Å².